The maximum Gasteiger partial charge on any atom is 0.249 e. The second kappa shape index (κ2) is 4.26. The molecule has 1 saturated carbocycles. The number of hydroxylamine groups is 2. The van der Waals surface area contributed by atoms with Gasteiger partial charge in [0, 0.05) is 13.0 Å². The Bertz CT molecular complexity index is 403. The number of hydrogen-bond acceptors (Lipinski definition) is 2. The van der Waals surface area contributed by atoms with Crippen LogP contribution in [0.2, 0.25) is 0 Å². The summed E-state index contributed by atoms with van der Waals surface area (Å²) in [4.78, 5) is 16.7. The number of hydrogen-bond donors (Lipinski definition) is 0. The first-order chi connectivity index (χ1) is 7.65. The third-order valence-corrected chi connectivity index (χ3v) is 3.28. The summed E-state index contributed by atoms with van der Waals surface area (Å²) >= 11 is 0. The molecule has 1 fully saturated rings. The highest BCUT2D eigenvalue weighted by Gasteiger charge is 2.45. The highest BCUT2D eigenvalue weighted by atomic mass is 16.7. The zero-order chi connectivity index (χ0) is 11.7. The first-order valence-corrected chi connectivity index (χ1v) is 5.52. The summed E-state index contributed by atoms with van der Waals surface area (Å²) in [5, 5.41) is 1.32. The lowest BCUT2D eigenvalue weighted by Crippen LogP contribution is -2.27. The molecule has 1 aliphatic rings. The SMILES string of the molecule is CON(C)C(=O)C1CC1c1ccccc1C. The molecule has 3 heteroatoms. The smallest absolute Gasteiger partial charge is 0.249 e. The molecule has 0 bridgehead atoms. The molecule has 1 aliphatic carbocycles. The highest BCUT2D eigenvalue weighted by molar-refractivity contribution is 5.82. The fraction of sp³-hybridized carbons (Fsp3) is 0.462. The summed E-state index contributed by atoms with van der Waals surface area (Å²) in [6.07, 6.45) is 0.942. The number of benzene rings is 1. The van der Waals surface area contributed by atoms with Crippen molar-refractivity contribution >= 4 is 5.91 Å². The fourth-order valence-electron chi connectivity index (χ4n) is 2.14. The van der Waals surface area contributed by atoms with Gasteiger partial charge < -0.3 is 0 Å². The van der Waals surface area contributed by atoms with Gasteiger partial charge in [-0.3, -0.25) is 9.63 Å². The number of nitrogens with zero attached hydrogens (tertiary/aromatic N) is 1. The van der Waals surface area contributed by atoms with Gasteiger partial charge in [-0.1, -0.05) is 24.3 Å². The van der Waals surface area contributed by atoms with Crippen molar-refractivity contribution < 1.29 is 9.63 Å². The van der Waals surface area contributed by atoms with Gasteiger partial charge in [0.15, 0.2) is 0 Å². The standard InChI is InChI=1S/C13H17NO2/c1-9-6-4-5-7-10(9)11-8-12(11)13(15)14(2)16-3/h4-7,11-12H,8H2,1-3H3. The van der Waals surface area contributed by atoms with Crippen LogP contribution in [0.15, 0.2) is 24.3 Å². The zero-order valence-electron chi connectivity index (χ0n) is 9.93. The second-order valence-corrected chi connectivity index (χ2v) is 4.32. The summed E-state index contributed by atoms with van der Waals surface area (Å²) in [5.41, 5.74) is 2.56. The van der Waals surface area contributed by atoms with E-state index in [4.69, 9.17) is 4.84 Å². The molecule has 0 radical (unpaired) electrons. The van der Waals surface area contributed by atoms with Gasteiger partial charge in [0.2, 0.25) is 5.91 Å². The van der Waals surface area contributed by atoms with E-state index in [1.165, 1.54) is 23.3 Å². The quantitative estimate of drug-likeness (QED) is 0.729. The lowest BCUT2D eigenvalue weighted by Gasteiger charge is -2.13. The lowest BCUT2D eigenvalue weighted by molar-refractivity contribution is -0.170. The number of amides is 1. The zero-order valence-corrected chi connectivity index (χ0v) is 9.93. The van der Waals surface area contributed by atoms with E-state index in [9.17, 15) is 4.79 Å². The third kappa shape index (κ3) is 1.95. The average Bonchev–Trinajstić information content (AvgIpc) is 3.07. The minimum atomic E-state index is 0.0794. The van der Waals surface area contributed by atoms with Gasteiger partial charge in [0.1, 0.15) is 0 Å². The molecule has 0 spiro atoms. The molecule has 1 aromatic rings. The van der Waals surface area contributed by atoms with E-state index >= 15 is 0 Å². The van der Waals surface area contributed by atoms with E-state index in [-0.39, 0.29) is 11.8 Å². The van der Waals surface area contributed by atoms with Crippen LogP contribution in [-0.2, 0) is 9.63 Å². The maximum atomic E-state index is 11.8. The predicted molar refractivity (Wildman–Crippen MR) is 61.8 cm³/mol. The van der Waals surface area contributed by atoms with Crippen molar-refractivity contribution in [2.24, 2.45) is 5.92 Å². The lowest BCUT2D eigenvalue weighted by atomic mass is 10.0. The van der Waals surface area contributed by atoms with Crippen LogP contribution in [0.25, 0.3) is 0 Å². The first kappa shape index (κ1) is 11.1. The van der Waals surface area contributed by atoms with Crippen LogP contribution in [0.4, 0.5) is 0 Å². The molecule has 2 atom stereocenters. The average molecular weight is 219 g/mol. The third-order valence-electron chi connectivity index (χ3n) is 3.28. The largest absolute Gasteiger partial charge is 0.275 e. The maximum absolute atomic E-state index is 11.8. The van der Waals surface area contributed by atoms with Crippen molar-refractivity contribution in [3.05, 3.63) is 35.4 Å². The summed E-state index contributed by atoms with van der Waals surface area (Å²) in [6, 6.07) is 8.26. The predicted octanol–water partition coefficient (Wildman–Crippen LogP) is 2.12. The van der Waals surface area contributed by atoms with E-state index in [1.807, 2.05) is 12.1 Å². The van der Waals surface area contributed by atoms with Crippen LogP contribution in [-0.4, -0.2) is 25.1 Å². The van der Waals surface area contributed by atoms with Crippen LogP contribution in [0, 0.1) is 12.8 Å². The van der Waals surface area contributed by atoms with Crippen LogP contribution in [0.3, 0.4) is 0 Å². The normalized spacial score (nSPS) is 22.9. The van der Waals surface area contributed by atoms with Crippen LogP contribution >= 0.6 is 0 Å². The Morgan fingerprint density at radius 2 is 2.12 bits per heavy atom. The van der Waals surface area contributed by atoms with E-state index in [0.29, 0.717) is 5.92 Å². The van der Waals surface area contributed by atoms with Crippen LogP contribution in [0.5, 0.6) is 0 Å². The van der Waals surface area contributed by atoms with Gasteiger partial charge in [0.25, 0.3) is 0 Å². The van der Waals surface area contributed by atoms with Crippen molar-refractivity contribution in [3.63, 3.8) is 0 Å². The highest BCUT2D eigenvalue weighted by Crippen LogP contribution is 2.49. The monoisotopic (exact) mass is 219 g/mol. The van der Waals surface area contributed by atoms with E-state index in [0.717, 1.165) is 6.42 Å². The van der Waals surface area contributed by atoms with E-state index in [1.54, 1.807) is 7.05 Å². The molecule has 2 rings (SSSR count). The molecule has 3 nitrogen and oxygen atoms in total. The topological polar surface area (TPSA) is 29.5 Å². The van der Waals surface area contributed by atoms with Crippen molar-refractivity contribution in [3.8, 4) is 0 Å². The van der Waals surface area contributed by atoms with Crippen molar-refractivity contribution in [1.82, 2.24) is 5.06 Å². The number of carbonyl (C=O) groups is 1. The fourth-order valence-corrected chi connectivity index (χ4v) is 2.14. The van der Waals surface area contributed by atoms with Gasteiger partial charge in [-0.25, -0.2) is 5.06 Å². The Morgan fingerprint density at radius 1 is 1.44 bits per heavy atom. The Balaban J connectivity index is 2.07. The Morgan fingerprint density at radius 3 is 2.75 bits per heavy atom. The number of aryl methyl sites for hydroxylation is 1. The second-order valence-electron chi connectivity index (χ2n) is 4.32. The molecule has 0 aliphatic heterocycles. The number of rotatable bonds is 3. The van der Waals surface area contributed by atoms with Gasteiger partial charge in [-0.2, -0.15) is 0 Å². The Hall–Kier alpha value is -1.35. The molecule has 0 saturated heterocycles. The van der Waals surface area contributed by atoms with Crippen molar-refractivity contribution in [2.45, 2.75) is 19.3 Å². The molecule has 86 valence electrons. The molecule has 0 N–H and O–H groups in total. The molecule has 1 aromatic carbocycles. The Kier molecular flexibility index (Phi) is 2.97. The first-order valence-electron chi connectivity index (χ1n) is 5.52. The van der Waals surface area contributed by atoms with Crippen LogP contribution in [0.1, 0.15) is 23.5 Å². The van der Waals surface area contributed by atoms with Crippen molar-refractivity contribution in [2.75, 3.05) is 14.2 Å². The molecule has 1 amide bonds. The van der Waals surface area contributed by atoms with Gasteiger partial charge >= 0.3 is 0 Å². The summed E-state index contributed by atoms with van der Waals surface area (Å²) in [6.45, 7) is 2.09. The number of carbonyl (C=O) groups excluding carboxylic acids is 1. The summed E-state index contributed by atoms with van der Waals surface area (Å²) in [5.74, 6) is 0.563. The summed E-state index contributed by atoms with van der Waals surface area (Å²) < 4.78 is 0. The molecule has 2 unspecified atom stereocenters. The Labute approximate surface area is 96.0 Å². The van der Waals surface area contributed by atoms with E-state index < -0.39 is 0 Å². The van der Waals surface area contributed by atoms with Crippen molar-refractivity contribution in [1.29, 1.82) is 0 Å². The van der Waals surface area contributed by atoms with Gasteiger partial charge in [-0.15, -0.1) is 0 Å². The molecular weight excluding hydrogens is 202 g/mol. The molecule has 0 heterocycles. The van der Waals surface area contributed by atoms with Gasteiger partial charge in [-0.05, 0) is 30.4 Å². The minimum Gasteiger partial charge on any atom is -0.275 e. The summed E-state index contributed by atoms with van der Waals surface area (Å²) in [7, 11) is 3.18. The molecule has 16 heavy (non-hydrogen) atoms. The minimum absolute atomic E-state index is 0.0794. The molecular formula is C13H17NO2. The van der Waals surface area contributed by atoms with Crippen LogP contribution < -0.4 is 0 Å². The molecule has 0 aromatic heterocycles. The van der Waals surface area contributed by atoms with E-state index in [2.05, 4.69) is 19.1 Å². The van der Waals surface area contributed by atoms with Gasteiger partial charge in [0.05, 0.1) is 7.11 Å².